The lowest BCUT2D eigenvalue weighted by Gasteiger charge is -2.35. The van der Waals surface area contributed by atoms with Crippen molar-refractivity contribution in [3.05, 3.63) is 107 Å². The molecule has 0 unspecified atom stereocenters. The molecule has 7 aromatic rings. The van der Waals surface area contributed by atoms with E-state index in [0.29, 0.717) is 0 Å². The molecule has 0 atom stereocenters. The Balaban J connectivity index is 1.40. The van der Waals surface area contributed by atoms with Crippen LogP contribution in [0.4, 0.5) is 0 Å². The van der Waals surface area contributed by atoms with E-state index in [1.54, 1.807) is 6.20 Å². The number of nitrogens with zero attached hydrogens (tertiary/aromatic N) is 2. The number of hydrogen-bond donors (Lipinski definition) is 0. The standard InChI is InChI=1S/C34H26N2O/c1-19-5-9-29-24(13-19)25-14-20(2)15-28-33(25)36(29)30-10-7-21(16-27(30)34(28,3)4)22-6-8-23-26-18-35-12-11-31(26)37-32(23)17-22/h5-18H,1-4H3. The van der Waals surface area contributed by atoms with Crippen LogP contribution in [-0.2, 0) is 5.41 Å². The molecule has 3 heteroatoms. The molecule has 0 saturated heterocycles. The Bertz CT molecular complexity index is 2090. The highest BCUT2D eigenvalue weighted by atomic mass is 16.3. The Morgan fingerprint density at radius 3 is 2.38 bits per heavy atom. The summed E-state index contributed by atoms with van der Waals surface area (Å²) >= 11 is 0. The Labute approximate surface area is 215 Å². The lowest BCUT2D eigenvalue weighted by molar-refractivity contribution is 0.630. The fraction of sp³-hybridized carbons (Fsp3) is 0.147. The van der Waals surface area contributed by atoms with Gasteiger partial charge in [-0.1, -0.05) is 49.2 Å². The zero-order chi connectivity index (χ0) is 25.1. The second-order valence-electron chi connectivity index (χ2n) is 11.1. The SMILES string of the molecule is Cc1ccc2c(c1)c1cc(C)cc3c1n2-c1ccc(-c2ccc4c(c2)oc2ccncc24)cc1C3(C)C. The Kier molecular flexibility index (Phi) is 3.87. The van der Waals surface area contributed by atoms with Crippen LogP contribution in [-0.4, -0.2) is 9.55 Å². The smallest absolute Gasteiger partial charge is 0.138 e. The molecule has 8 rings (SSSR count). The number of aromatic nitrogens is 2. The van der Waals surface area contributed by atoms with Gasteiger partial charge in [0.1, 0.15) is 11.2 Å². The summed E-state index contributed by atoms with van der Waals surface area (Å²) in [7, 11) is 0. The molecule has 4 heterocycles. The summed E-state index contributed by atoms with van der Waals surface area (Å²) in [5.74, 6) is 0. The van der Waals surface area contributed by atoms with Crippen LogP contribution >= 0.6 is 0 Å². The van der Waals surface area contributed by atoms with Gasteiger partial charge in [0.2, 0.25) is 0 Å². The molecule has 4 aromatic carbocycles. The molecule has 0 spiro atoms. The number of furan rings is 1. The van der Waals surface area contributed by atoms with E-state index in [4.69, 9.17) is 4.42 Å². The zero-order valence-electron chi connectivity index (χ0n) is 21.4. The quantitative estimate of drug-likeness (QED) is 0.236. The minimum Gasteiger partial charge on any atom is -0.456 e. The molecule has 0 radical (unpaired) electrons. The fourth-order valence-corrected chi connectivity index (χ4v) is 6.49. The number of pyridine rings is 1. The van der Waals surface area contributed by atoms with Gasteiger partial charge in [0.25, 0.3) is 0 Å². The molecule has 1 aliphatic rings. The van der Waals surface area contributed by atoms with Crippen molar-refractivity contribution in [1.82, 2.24) is 9.55 Å². The van der Waals surface area contributed by atoms with Gasteiger partial charge >= 0.3 is 0 Å². The largest absolute Gasteiger partial charge is 0.456 e. The summed E-state index contributed by atoms with van der Waals surface area (Å²) in [5, 5.41) is 4.84. The number of aryl methyl sites for hydroxylation is 2. The molecule has 3 aromatic heterocycles. The minimum atomic E-state index is -0.135. The number of rotatable bonds is 1. The van der Waals surface area contributed by atoms with Crippen molar-refractivity contribution < 1.29 is 4.42 Å². The van der Waals surface area contributed by atoms with Crippen molar-refractivity contribution in [1.29, 1.82) is 0 Å². The molecule has 1 aliphatic heterocycles. The minimum absolute atomic E-state index is 0.135. The Morgan fingerprint density at radius 1 is 0.676 bits per heavy atom. The van der Waals surface area contributed by atoms with Crippen LogP contribution < -0.4 is 0 Å². The van der Waals surface area contributed by atoms with Crippen molar-refractivity contribution in [2.45, 2.75) is 33.1 Å². The second kappa shape index (κ2) is 6.89. The number of hydrogen-bond acceptors (Lipinski definition) is 2. The van der Waals surface area contributed by atoms with Gasteiger partial charge in [-0.2, -0.15) is 0 Å². The highest BCUT2D eigenvalue weighted by Crippen LogP contribution is 2.49. The van der Waals surface area contributed by atoms with Gasteiger partial charge in [-0.25, -0.2) is 0 Å². The highest BCUT2D eigenvalue weighted by Gasteiger charge is 2.35. The van der Waals surface area contributed by atoms with E-state index in [1.807, 2.05) is 12.3 Å². The molecule has 0 bridgehead atoms. The molecule has 0 N–H and O–H groups in total. The lowest BCUT2D eigenvalue weighted by Crippen LogP contribution is -2.26. The third-order valence-corrected chi connectivity index (χ3v) is 8.35. The van der Waals surface area contributed by atoms with Gasteiger partial charge in [-0.3, -0.25) is 4.98 Å². The van der Waals surface area contributed by atoms with Crippen LogP contribution in [0.1, 0.15) is 36.1 Å². The summed E-state index contributed by atoms with van der Waals surface area (Å²) in [5.41, 5.74) is 13.2. The average molecular weight is 479 g/mol. The van der Waals surface area contributed by atoms with E-state index < -0.39 is 0 Å². The van der Waals surface area contributed by atoms with Crippen LogP contribution in [0.2, 0.25) is 0 Å². The van der Waals surface area contributed by atoms with Crippen LogP contribution in [0.15, 0.2) is 89.6 Å². The maximum Gasteiger partial charge on any atom is 0.138 e. The number of benzene rings is 4. The fourth-order valence-electron chi connectivity index (χ4n) is 6.49. The molecule has 0 aliphatic carbocycles. The van der Waals surface area contributed by atoms with Crippen LogP contribution in [0.3, 0.4) is 0 Å². The molecular weight excluding hydrogens is 452 g/mol. The summed E-state index contributed by atoms with van der Waals surface area (Å²) in [6.07, 6.45) is 3.66. The maximum absolute atomic E-state index is 6.17. The molecule has 178 valence electrons. The van der Waals surface area contributed by atoms with E-state index in [9.17, 15) is 0 Å². The van der Waals surface area contributed by atoms with E-state index in [1.165, 1.54) is 55.3 Å². The summed E-state index contributed by atoms with van der Waals surface area (Å²) in [6, 6.07) is 27.0. The Morgan fingerprint density at radius 2 is 1.49 bits per heavy atom. The van der Waals surface area contributed by atoms with Gasteiger partial charge in [0.15, 0.2) is 0 Å². The van der Waals surface area contributed by atoms with Crippen molar-refractivity contribution in [3.8, 4) is 16.8 Å². The first-order valence-corrected chi connectivity index (χ1v) is 12.9. The van der Waals surface area contributed by atoms with Crippen molar-refractivity contribution in [2.24, 2.45) is 0 Å². The van der Waals surface area contributed by atoms with E-state index in [-0.39, 0.29) is 5.41 Å². The van der Waals surface area contributed by atoms with Gasteiger partial charge < -0.3 is 8.98 Å². The molecule has 3 nitrogen and oxygen atoms in total. The third-order valence-electron chi connectivity index (χ3n) is 8.35. The van der Waals surface area contributed by atoms with E-state index >= 15 is 0 Å². The molecule has 37 heavy (non-hydrogen) atoms. The summed E-state index contributed by atoms with van der Waals surface area (Å²) in [6.45, 7) is 9.13. The zero-order valence-corrected chi connectivity index (χ0v) is 21.4. The predicted octanol–water partition coefficient (Wildman–Crippen LogP) is 9.00. The van der Waals surface area contributed by atoms with Gasteiger partial charge in [0, 0.05) is 39.4 Å². The lowest BCUT2D eigenvalue weighted by atomic mass is 9.73. The van der Waals surface area contributed by atoms with Gasteiger partial charge in [0.05, 0.1) is 16.7 Å². The van der Waals surface area contributed by atoms with Crippen molar-refractivity contribution in [3.63, 3.8) is 0 Å². The summed E-state index contributed by atoms with van der Waals surface area (Å²) in [4.78, 5) is 4.28. The van der Waals surface area contributed by atoms with Crippen LogP contribution in [0, 0.1) is 13.8 Å². The number of fused-ring (bicyclic) bond motifs is 8. The second-order valence-corrected chi connectivity index (χ2v) is 11.1. The van der Waals surface area contributed by atoms with Crippen LogP contribution in [0.5, 0.6) is 0 Å². The van der Waals surface area contributed by atoms with E-state index in [2.05, 4.69) is 104 Å². The molecule has 0 fully saturated rings. The third kappa shape index (κ3) is 2.69. The van der Waals surface area contributed by atoms with Gasteiger partial charge in [-0.05, 0) is 84.6 Å². The molecule has 0 saturated carbocycles. The first-order valence-electron chi connectivity index (χ1n) is 12.9. The van der Waals surface area contributed by atoms with Crippen LogP contribution in [0.25, 0.3) is 60.6 Å². The molecular formula is C34H26N2O. The van der Waals surface area contributed by atoms with E-state index in [0.717, 1.165) is 27.5 Å². The van der Waals surface area contributed by atoms with Gasteiger partial charge in [-0.15, -0.1) is 0 Å². The monoisotopic (exact) mass is 478 g/mol. The average Bonchev–Trinajstić information content (AvgIpc) is 3.42. The predicted molar refractivity (Wildman–Crippen MR) is 153 cm³/mol. The molecule has 0 amide bonds. The van der Waals surface area contributed by atoms with Crippen molar-refractivity contribution >= 4 is 43.7 Å². The normalized spacial score (nSPS) is 14.2. The highest BCUT2D eigenvalue weighted by molar-refractivity contribution is 6.12. The Hall–Kier alpha value is -4.37. The first-order chi connectivity index (χ1) is 17.9. The van der Waals surface area contributed by atoms with Crippen molar-refractivity contribution in [2.75, 3.05) is 0 Å². The maximum atomic E-state index is 6.17. The topological polar surface area (TPSA) is 31.0 Å². The first kappa shape index (κ1) is 20.8. The summed E-state index contributed by atoms with van der Waals surface area (Å²) < 4.78 is 8.65.